The number of carbonyl (C=O) groups is 2. The number of para-hydroxylation sites is 1. The highest BCUT2D eigenvalue weighted by atomic mass is 19.1. The van der Waals surface area contributed by atoms with Crippen LogP contribution < -0.4 is 14.2 Å². The predicted molar refractivity (Wildman–Crippen MR) is 163 cm³/mol. The van der Waals surface area contributed by atoms with Gasteiger partial charge in [-0.2, -0.15) is 0 Å². The number of piperidine rings is 1. The van der Waals surface area contributed by atoms with Crippen molar-refractivity contribution in [1.29, 1.82) is 0 Å². The third kappa shape index (κ3) is 6.57. The van der Waals surface area contributed by atoms with Crippen LogP contribution in [0.4, 0.5) is 4.39 Å². The Morgan fingerprint density at radius 3 is 2.56 bits per heavy atom. The molecular weight excluding hydrogens is 585 g/mol. The third-order valence-corrected chi connectivity index (χ3v) is 8.26. The van der Waals surface area contributed by atoms with Crippen LogP contribution in [0.5, 0.6) is 17.2 Å². The van der Waals surface area contributed by atoms with Crippen LogP contribution in [-0.4, -0.2) is 71.0 Å². The molecule has 0 radical (unpaired) electrons. The van der Waals surface area contributed by atoms with Crippen molar-refractivity contribution >= 4 is 23.5 Å². The van der Waals surface area contributed by atoms with Gasteiger partial charge in [0.2, 0.25) is 0 Å². The van der Waals surface area contributed by atoms with E-state index in [9.17, 15) is 14.3 Å². The lowest BCUT2D eigenvalue weighted by atomic mass is 9.88. The van der Waals surface area contributed by atoms with Gasteiger partial charge in [-0.1, -0.05) is 12.1 Å². The van der Waals surface area contributed by atoms with Crippen molar-refractivity contribution in [1.82, 2.24) is 14.5 Å². The van der Waals surface area contributed by atoms with Crippen molar-refractivity contribution in [2.45, 2.75) is 44.6 Å². The van der Waals surface area contributed by atoms with Crippen LogP contribution in [0.1, 0.15) is 53.0 Å². The molecule has 1 atom stereocenters. The number of likely N-dealkylation sites (tertiary alicyclic amines) is 1. The van der Waals surface area contributed by atoms with E-state index in [0.29, 0.717) is 42.5 Å². The molecule has 0 amide bonds. The van der Waals surface area contributed by atoms with Crippen LogP contribution >= 0.6 is 0 Å². The van der Waals surface area contributed by atoms with Crippen LogP contribution in [0.2, 0.25) is 0 Å². The summed E-state index contributed by atoms with van der Waals surface area (Å²) >= 11 is 0. The summed E-state index contributed by atoms with van der Waals surface area (Å²) in [6.07, 6.45) is 1.82. The van der Waals surface area contributed by atoms with Gasteiger partial charge in [0.15, 0.2) is 11.5 Å². The van der Waals surface area contributed by atoms with Gasteiger partial charge in [0, 0.05) is 32.2 Å². The highest BCUT2D eigenvalue weighted by molar-refractivity contribution is 5.92. The summed E-state index contributed by atoms with van der Waals surface area (Å²) in [5.41, 5.74) is 3.19. The van der Waals surface area contributed by atoms with E-state index in [1.54, 1.807) is 44.4 Å². The van der Waals surface area contributed by atoms with Crippen molar-refractivity contribution in [3.05, 3.63) is 82.9 Å². The molecule has 2 N–H and O–H groups in total. The number of fused-ring (bicyclic) bond motifs is 2. The first kappa shape index (κ1) is 31.7. The van der Waals surface area contributed by atoms with E-state index >= 15 is 0 Å². The van der Waals surface area contributed by atoms with Gasteiger partial charge in [0.05, 0.1) is 42.4 Å². The molecule has 11 nitrogen and oxygen atoms in total. The summed E-state index contributed by atoms with van der Waals surface area (Å²) in [4.78, 5) is 27.1. The Bertz CT molecular complexity index is 1680. The number of aromatic carboxylic acids is 1. The lowest BCUT2D eigenvalue weighted by Crippen LogP contribution is -2.34. The number of hydrogen-bond acceptors (Lipinski definition) is 8. The minimum atomic E-state index is -1.28. The summed E-state index contributed by atoms with van der Waals surface area (Å²) in [5.74, 6) is 0.168. The van der Waals surface area contributed by atoms with Crippen molar-refractivity contribution < 1.29 is 43.1 Å². The van der Waals surface area contributed by atoms with Crippen LogP contribution in [0.15, 0.2) is 54.6 Å². The maximum absolute atomic E-state index is 15.0. The molecule has 0 aliphatic carbocycles. The summed E-state index contributed by atoms with van der Waals surface area (Å²) < 4.78 is 40.1. The molecule has 6 rings (SSSR count). The Morgan fingerprint density at radius 2 is 1.89 bits per heavy atom. The molecule has 45 heavy (non-hydrogen) atoms. The first-order valence-corrected chi connectivity index (χ1v) is 14.6. The number of ether oxygens (including phenoxy) is 4. The lowest BCUT2D eigenvalue weighted by molar-refractivity contribution is -0.122. The van der Waals surface area contributed by atoms with Crippen molar-refractivity contribution in [2.75, 3.05) is 33.9 Å². The molecule has 1 aromatic heterocycles. The van der Waals surface area contributed by atoms with Gasteiger partial charge in [-0.05, 0) is 68.2 Å². The molecule has 0 saturated carbocycles. The molecule has 1 unspecified atom stereocenters. The van der Waals surface area contributed by atoms with Crippen LogP contribution in [0.3, 0.4) is 0 Å². The first-order valence-electron chi connectivity index (χ1n) is 14.6. The van der Waals surface area contributed by atoms with Gasteiger partial charge in [0.1, 0.15) is 17.4 Å². The molecule has 1 fully saturated rings. The summed E-state index contributed by atoms with van der Waals surface area (Å²) in [5, 5.41) is 16.4. The first-order chi connectivity index (χ1) is 21.7. The second-order valence-corrected chi connectivity index (χ2v) is 11.0. The second-order valence-electron chi connectivity index (χ2n) is 11.0. The third-order valence-electron chi connectivity index (χ3n) is 8.26. The van der Waals surface area contributed by atoms with E-state index in [1.165, 1.54) is 13.2 Å². The van der Waals surface area contributed by atoms with E-state index in [0.717, 1.165) is 48.4 Å². The number of methoxy groups -OCH3 is 2. The van der Waals surface area contributed by atoms with E-state index in [-0.39, 0.29) is 18.0 Å². The number of nitrogens with zero attached hydrogens (tertiary/aromatic N) is 3. The fourth-order valence-corrected chi connectivity index (χ4v) is 6.03. The largest absolute Gasteiger partial charge is 0.497 e. The minimum absolute atomic E-state index is 0.237. The van der Waals surface area contributed by atoms with E-state index in [4.69, 9.17) is 33.8 Å². The number of benzene rings is 3. The van der Waals surface area contributed by atoms with Gasteiger partial charge in [-0.25, -0.2) is 14.2 Å². The maximum atomic E-state index is 15.0. The number of imidazole rings is 1. The second kappa shape index (κ2) is 13.5. The van der Waals surface area contributed by atoms with E-state index < -0.39 is 17.6 Å². The normalized spacial score (nSPS) is 18.0. The molecule has 2 aliphatic rings. The maximum Gasteiger partial charge on any atom is 0.335 e. The summed E-state index contributed by atoms with van der Waals surface area (Å²) in [7, 11) is 3.15. The lowest BCUT2D eigenvalue weighted by Gasteiger charge is -2.32. The van der Waals surface area contributed by atoms with Crippen LogP contribution in [0.25, 0.3) is 11.0 Å². The molecule has 0 bridgehead atoms. The Hall–Kier alpha value is -4.68. The zero-order valence-electron chi connectivity index (χ0n) is 25.4. The molecule has 238 valence electrons. The number of rotatable bonds is 9. The Balaban J connectivity index is 0.00000128. The number of carboxylic acid groups (broad SMARTS) is 2. The van der Waals surface area contributed by atoms with Gasteiger partial charge in [0.25, 0.3) is 12.3 Å². The quantitative estimate of drug-likeness (QED) is 0.239. The van der Waals surface area contributed by atoms with E-state index in [2.05, 4.69) is 15.5 Å². The average molecular weight is 622 g/mol. The highest BCUT2D eigenvalue weighted by Gasteiger charge is 2.43. The van der Waals surface area contributed by atoms with Gasteiger partial charge in [-0.15, -0.1) is 0 Å². The smallest absolute Gasteiger partial charge is 0.335 e. The predicted octanol–water partition coefficient (Wildman–Crippen LogP) is 5.25. The minimum Gasteiger partial charge on any atom is -0.497 e. The monoisotopic (exact) mass is 621 g/mol. The molecule has 2 aliphatic heterocycles. The zero-order chi connectivity index (χ0) is 32.1. The van der Waals surface area contributed by atoms with Gasteiger partial charge in [-0.3, -0.25) is 9.69 Å². The van der Waals surface area contributed by atoms with Crippen LogP contribution in [0, 0.1) is 5.82 Å². The molecule has 3 aromatic carbocycles. The number of halogens is 1. The number of carboxylic acids is 1. The topological polar surface area (TPSA) is 133 Å². The van der Waals surface area contributed by atoms with Crippen molar-refractivity contribution in [3.63, 3.8) is 0 Å². The van der Waals surface area contributed by atoms with Crippen molar-refractivity contribution in [3.8, 4) is 17.2 Å². The number of hydrogen-bond donors (Lipinski definition) is 2. The van der Waals surface area contributed by atoms with Crippen LogP contribution in [-0.2, 0) is 28.4 Å². The molecule has 4 aromatic rings. The molecule has 3 heterocycles. The molecular formula is C33H36FN3O8. The number of aromatic nitrogens is 2. The molecule has 1 saturated heterocycles. The standard InChI is InChI=1S/C32H34FN3O6.CH2O2/c1-32(24-9-8-22(40-3)18-25(24)33)41-28-6-4-5-23(30(28)42-32)20-11-13-35(14-12-20)19-29-34-26-10-7-21(31(37)38)17-27(26)36(29)15-16-39-2;2-1-3/h4-10,17-18,20H,11-16,19H2,1-3H3,(H,37,38);1H,(H,2,3). The average Bonchev–Trinajstić information content (AvgIpc) is 3.56. The van der Waals surface area contributed by atoms with Gasteiger partial charge >= 0.3 is 5.97 Å². The summed E-state index contributed by atoms with van der Waals surface area (Å²) in [6, 6.07) is 15.6. The summed E-state index contributed by atoms with van der Waals surface area (Å²) in [6.45, 7) is 4.93. The highest BCUT2D eigenvalue weighted by Crippen LogP contribution is 2.50. The zero-order valence-corrected chi connectivity index (χ0v) is 25.4. The Labute approximate surface area is 259 Å². The fraction of sp³-hybridized carbons (Fsp3) is 0.364. The van der Waals surface area contributed by atoms with E-state index in [1.807, 2.05) is 12.1 Å². The Morgan fingerprint density at radius 1 is 1.13 bits per heavy atom. The molecule has 12 heteroatoms. The molecule has 0 spiro atoms. The fourth-order valence-electron chi connectivity index (χ4n) is 6.03. The Kier molecular flexibility index (Phi) is 9.54. The van der Waals surface area contributed by atoms with Gasteiger partial charge < -0.3 is 33.7 Å². The SMILES string of the molecule is COCCn1c(CN2CCC(c3cccc4c3OC(C)(c3ccc(OC)cc3F)O4)CC2)nc2ccc(C(=O)O)cc21.O=CO. The van der Waals surface area contributed by atoms with Crippen molar-refractivity contribution in [2.24, 2.45) is 0 Å².